The number of hydrogen-bond acceptors (Lipinski definition) is 2. The van der Waals surface area contributed by atoms with Crippen LogP contribution in [0.15, 0.2) is 60.9 Å². The predicted molar refractivity (Wildman–Crippen MR) is 74.6 cm³/mol. The Kier molecular flexibility index (Phi) is 1.86. The van der Waals surface area contributed by atoms with Gasteiger partial charge in [0.1, 0.15) is 0 Å². The summed E-state index contributed by atoms with van der Waals surface area (Å²) >= 11 is 0. The van der Waals surface area contributed by atoms with E-state index in [4.69, 9.17) is 4.98 Å². The fourth-order valence-corrected chi connectivity index (χ4v) is 2.41. The van der Waals surface area contributed by atoms with Crippen LogP contribution in [-0.4, -0.2) is 9.97 Å². The van der Waals surface area contributed by atoms with E-state index in [1.807, 2.05) is 30.6 Å². The van der Waals surface area contributed by atoms with E-state index in [0.717, 1.165) is 21.8 Å². The van der Waals surface area contributed by atoms with E-state index < -0.39 is 0 Å². The van der Waals surface area contributed by atoms with Crippen LogP contribution in [0.5, 0.6) is 0 Å². The van der Waals surface area contributed by atoms with Crippen molar-refractivity contribution < 1.29 is 0 Å². The third-order valence-corrected chi connectivity index (χ3v) is 3.30. The van der Waals surface area contributed by atoms with Crippen molar-refractivity contribution in [2.75, 3.05) is 0 Å². The minimum Gasteiger partial charge on any atom is -0.264 e. The second-order valence-corrected chi connectivity index (χ2v) is 4.42. The van der Waals surface area contributed by atoms with Crippen LogP contribution in [0.25, 0.3) is 32.6 Å². The highest BCUT2D eigenvalue weighted by atomic mass is 14.7. The van der Waals surface area contributed by atoms with Crippen molar-refractivity contribution in [1.29, 1.82) is 0 Å². The molecule has 2 heterocycles. The van der Waals surface area contributed by atoms with Crippen LogP contribution in [0.2, 0.25) is 0 Å². The van der Waals surface area contributed by atoms with Gasteiger partial charge in [0.05, 0.1) is 11.0 Å². The predicted octanol–water partition coefficient (Wildman–Crippen LogP) is 3.94. The number of aromatic nitrogens is 2. The zero-order chi connectivity index (χ0) is 11.9. The Balaban J connectivity index is 2.27. The monoisotopic (exact) mass is 230 g/mol. The highest BCUT2D eigenvalue weighted by Gasteiger charge is 2.03. The van der Waals surface area contributed by atoms with Gasteiger partial charge in [-0.15, -0.1) is 0 Å². The smallest absolute Gasteiger partial charge is 0.0789 e. The van der Waals surface area contributed by atoms with Gasteiger partial charge in [-0.3, -0.25) is 4.98 Å². The second-order valence-electron chi connectivity index (χ2n) is 4.42. The van der Waals surface area contributed by atoms with Gasteiger partial charge in [-0.2, -0.15) is 0 Å². The maximum absolute atomic E-state index is 4.78. The Morgan fingerprint density at radius 3 is 2.67 bits per heavy atom. The van der Waals surface area contributed by atoms with E-state index in [1.165, 1.54) is 10.8 Å². The highest BCUT2D eigenvalue weighted by molar-refractivity contribution is 6.07. The summed E-state index contributed by atoms with van der Waals surface area (Å²) < 4.78 is 0. The molecule has 18 heavy (non-hydrogen) atoms. The summed E-state index contributed by atoms with van der Waals surface area (Å²) in [6.07, 6.45) is 3.70. The summed E-state index contributed by atoms with van der Waals surface area (Å²) in [5.41, 5.74) is 2.09. The van der Waals surface area contributed by atoms with E-state index in [1.54, 1.807) is 0 Å². The lowest BCUT2D eigenvalue weighted by atomic mass is 10.1. The summed E-state index contributed by atoms with van der Waals surface area (Å²) in [6, 6.07) is 16.6. The van der Waals surface area contributed by atoms with Crippen LogP contribution < -0.4 is 0 Å². The van der Waals surface area contributed by atoms with Crippen molar-refractivity contribution in [2.45, 2.75) is 0 Å². The standard InChI is InChI=1S/C16H10N2/c1-2-4-15-11(3-1)9-12-5-6-13-10-17-8-7-14(13)16(12)18-15/h1-10H. The molecule has 0 aliphatic rings. The summed E-state index contributed by atoms with van der Waals surface area (Å²) in [7, 11) is 0. The molecule has 2 nitrogen and oxygen atoms in total. The van der Waals surface area contributed by atoms with Gasteiger partial charge in [-0.1, -0.05) is 30.3 Å². The molecule has 0 atom stereocenters. The highest BCUT2D eigenvalue weighted by Crippen LogP contribution is 2.26. The Bertz CT molecular complexity index is 875. The molecule has 2 aromatic heterocycles. The summed E-state index contributed by atoms with van der Waals surface area (Å²) in [5, 5.41) is 4.65. The molecule has 0 saturated heterocycles. The number of nitrogens with zero attached hydrogens (tertiary/aromatic N) is 2. The van der Waals surface area contributed by atoms with Crippen LogP contribution in [0.4, 0.5) is 0 Å². The Hall–Kier alpha value is -2.48. The fourth-order valence-electron chi connectivity index (χ4n) is 2.41. The molecule has 0 radical (unpaired) electrons. The molecule has 0 amide bonds. The van der Waals surface area contributed by atoms with Crippen molar-refractivity contribution in [3.63, 3.8) is 0 Å². The lowest BCUT2D eigenvalue weighted by Crippen LogP contribution is -1.84. The minimum absolute atomic E-state index is 1.04. The van der Waals surface area contributed by atoms with Crippen LogP contribution in [0.3, 0.4) is 0 Å². The van der Waals surface area contributed by atoms with Gasteiger partial charge in [0.2, 0.25) is 0 Å². The summed E-state index contributed by atoms with van der Waals surface area (Å²) in [4.78, 5) is 8.93. The van der Waals surface area contributed by atoms with Crippen molar-refractivity contribution in [3.8, 4) is 0 Å². The van der Waals surface area contributed by atoms with Crippen molar-refractivity contribution in [1.82, 2.24) is 9.97 Å². The van der Waals surface area contributed by atoms with E-state index in [2.05, 4.69) is 35.3 Å². The number of benzene rings is 2. The van der Waals surface area contributed by atoms with E-state index in [-0.39, 0.29) is 0 Å². The molecule has 0 aliphatic carbocycles. The molecule has 0 N–H and O–H groups in total. The maximum Gasteiger partial charge on any atom is 0.0789 e. The fraction of sp³-hybridized carbons (Fsp3) is 0. The van der Waals surface area contributed by atoms with E-state index in [0.29, 0.717) is 0 Å². The van der Waals surface area contributed by atoms with Gasteiger partial charge >= 0.3 is 0 Å². The molecule has 0 saturated carbocycles. The summed E-state index contributed by atoms with van der Waals surface area (Å²) in [5.74, 6) is 0. The number of fused-ring (bicyclic) bond motifs is 4. The molecule has 0 unspecified atom stereocenters. The SMILES string of the molecule is c1ccc2nc3c(ccc4cnccc43)cc2c1. The molecule has 0 spiro atoms. The maximum atomic E-state index is 4.78. The lowest BCUT2D eigenvalue weighted by Gasteiger charge is -2.04. The van der Waals surface area contributed by atoms with Crippen LogP contribution in [0.1, 0.15) is 0 Å². The first-order valence-electron chi connectivity index (χ1n) is 5.94. The molecule has 0 bridgehead atoms. The van der Waals surface area contributed by atoms with E-state index in [9.17, 15) is 0 Å². The number of pyridine rings is 2. The first kappa shape index (κ1) is 9.54. The molecular formula is C16H10N2. The lowest BCUT2D eigenvalue weighted by molar-refractivity contribution is 1.36. The first-order valence-corrected chi connectivity index (χ1v) is 5.94. The van der Waals surface area contributed by atoms with Crippen LogP contribution in [0, 0.1) is 0 Å². The number of hydrogen-bond donors (Lipinski definition) is 0. The average Bonchev–Trinajstić information content (AvgIpc) is 2.45. The largest absolute Gasteiger partial charge is 0.264 e. The second kappa shape index (κ2) is 3.50. The third-order valence-electron chi connectivity index (χ3n) is 3.30. The molecule has 4 aromatic rings. The topological polar surface area (TPSA) is 25.8 Å². The number of rotatable bonds is 0. The van der Waals surface area contributed by atoms with Gasteiger partial charge in [-0.05, 0) is 18.2 Å². The van der Waals surface area contributed by atoms with Gasteiger partial charge in [0, 0.05) is 33.9 Å². The van der Waals surface area contributed by atoms with Crippen molar-refractivity contribution >= 4 is 32.6 Å². The molecular weight excluding hydrogens is 220 g/mol. The van der Waals surface area contributed by atoms with E-state index >= 15 is 0 Å². The molecule has 2 heteroatoms. The van der Waals surface area contributed by atoms with Gasteiger partial charge in [0.15, 0.2) is 0 Å². The molecule has 4 rings (SSSR count). The normalized spacial score (nSPS) is 11.3. The quantitative estimate of drug-likeness (QED) is 0.338. The average molecular weight is 230 g/mol. The van der Waals surface area contributed by atoms with Gasteiger partial charge in [0.25, 0.3) is 0 Å². The molecule has 0 fully saturated rings. The molecule has 0 aliphatic heterocycles. The zero-order valence-corrected chi connectivity index (χ0v) is 9.67. The van der Waals surface area contributed by atoms with Crippen LogP contribution >= 0.6 is 0 Å². The molecule has 2 aromatic carbocycles. The van der Waals surface area contributed by atoms with Crippen molar-refractivity contribution in [3.05, 3.63) is 60.9 Å². The minimum atomic E-state index is 1.04. The Morgan fingerprint density at radius 1 is 0.778 bits per heavy atom. The summed E-state index contributed by atoms with van der Waals surface area (Å²) in [6.45, 7) is 0. The number of para-hydroxylation sites is 1. The third kappa shape index (κ3) is 1.29. The first-order chi connectivity index (χ1) is 8.92. The van der Waals surface area contributed by atoms with Crippen LogP contribution in [-0.2, 0) is 0 Å². The van der Waals surface area contributed by atoms with Gasteiger partial charge < -0.3 is 0 Å². The zero-order valence-electron chi connectivity index (χ0n) is 9.67. The Morgan fingerprint density at radius 2 is 1.67 bits per heavy atom. The van der Waals surface area contributed by atoms with Crippen molar-refractivity contribution in [2.24, 2.45) is 0 Å². The molecule has 84 valence electrons. The Labute approximate surface area is 104 Å². The van der Waals surface area contributed by atoms with Gasteiger partial charge in [-0.25, -0.2) is 4.98 Å².